The molecule has 0 saturated carbocycles. The lowest BCUT2D eigenvalue weighted by atomic mass is 9.96. The molecule has 0 amide bonds. The van der Waals surface area contributed by atoms with Gasteiger partial charge in [-0.1, -0.05) is 37.1 Å². The number of allylic oxidation sites excluding steroid dienone is 2. The number of benzene rings is 1. The summed E-state index contributed by atoms with van der Waals surface area (Å²) in [5, 5.41) is 0. The lowest BCUT2D eigenvalue weighted by Crippen LogP contribution is -2.36. The maximum atomic E-state index is 13.5. The van der Waals surface area contributed by atoms with E-state index in [1.54, 1.807) is 0 Å². The zero-order valence-electron chi connectivity index (χ0n) is 17.3. The predicted octanol–water partition coefficient (Wildman–Crippen LogP) is 2.63. The van der Waals surface area contributed by atoms with Crippen LogP contribution >= 0.6 is 0 Å². The maximum Gasteiger partial charge on any atom is 0.374 e. The Morgan fingerprint density at radius 1 is 1.16 bits per heavy atom. The van der Waals surface area contributed by atoms with Gasteiger partial charge in [0.1, 0.15) is 4.90 Å². The van der Waals surface area contributed by atoms with Crippen LogP contribution in [0.15, 0.2) is 51.8 Å². The molecule has 0 spiro atoms. The molecule has 31 heavy (non-hydrogen) atoms. The number of unbranched alkanes of at least 4 members (excludes halogenated alkanes) is 1. The largest absolute Gasteiger partial charge is 0.381 e. The molecule has 2 rings (SSSR count). The summed E-state index contributed by atoms with van der Waals surface area (Å²) in [6.07, 6.45) is 3.21. The van der Waals surface area contributed by atoms with E-state index < -0.39 is 34.5 Å². The highest BCUT2D eigenvalue weighted by atomic mass is 32.2. The molecule has 0 aliphatic heterocycles. The van der Waals surface area contributed by atoms with Gasteiger partial charge >= 0.3 is 15.7 Å². The first kappa shape index (κ1) is 25.0. The van der Waals surface area contributed by atoms with Crippen molar-refractivity contribution in [3.8, 4) is 5.75 Å². The van der Waals surface area contributed by atoms with Gasteiger partial charge in [0.15, 0.2) is 15.6 Å². The molecule has 0 bridgehead atoms. The van der Waals surface area contributed by atoms with Crippen molar-refractivity contribution >= 4 is 35.3 Å². The topological polar surface area (TPSA) is 148 Å². The van der Waals surface area contributed by atoms with E-state index in [0.717, 1.165) is 6.08 Å². The highest BCUT2D eigenvalue weighted by molar-refractivity contribution is 8.07. The normalized spacial score (nSPS) is 19.7. The first-order valence-corrected chi connectivity index (χ1v) is 14.0. The van der Waals surface area contributed by atoms with Crippen molar-refractivity contribution in [1.82, 2.24) is 0 Å². The molecule has 0 N–H and O–H groups in total. The standard InChI is InChI=1S/C19H24N2O7S3/c1-4-5-12-30(24,25)28-16-8-6-7-9-18(16)31(26,27)19(3)11-10-17(15(2)13-19)29(22,23)14-21-20/h6-11,14H,4-5,12-13H2,1-3H3. The molecule has 1 aliphatic rings. The molecule has 170 valence electrons. The van der Waals surface area contributed by atoms with E-state index in [-0.39, 0.29) is 33.3 Å². The third kappa shape index (κ3) is 5.32. The Kier molecular flexibility index (Phi) is 7.32. The summed E-state index contributed by atoms with van der Waals surface area (Å²) in [5.74, 6) is -0.550. The molecule has 1 unspecified atom stereocenters. The third-order valence-corrected chi connectivity index (χ3v) is 9.95. The quantitative estimate of drug-likeness (QED) is 0.170. The highest BCUT2D eigenvalue weighted by Gasteiger charge is 2.43. The van der Waals surface area contributed by atoms with Gasteiger partial charge in [0.25, 0.3) is 9.84 Å². The van der Waals surface area contributed by atoms with Crippen molar-refractivity contribution in [3.63, 3.8) is 0 Å². The van der Waals surface area contributed by atoms with Crippen molar-refractivity contribution in [1.29, 1.82) is 0 Å². The third-order valence-electron chi connectivity index (χ3n) is 4.83. The minimum atomic E-state index is -4.19. The summed E-state index contributed by atoms with van der Waals surface area (Å²) in [4.78, 5) is 2.07. The van der Waals surface area contributed by atoms with Crippen LogP contribution in [-0.4, -0.2) is 46.1 Å². The summed E-state index contributed by atoms with van der Waals surface area (Å²) >= 11 is 0. The first-order valence-electron chi connectivity index (χ1n) is 9.37. The molecule has 9 nitrogen and oxygen atoms in total. The van der Waals surface area contributed by atoms with Crippen LogP contribution in [0.5, 0.6) is 5.75 Å². The van der Waals surface area contributed by atoms with Gasteiger partial charge in [-0.15, -0.1) is 0 Å². The number of rotatable bonds is 9. The van der Waals surface area contributed by atoms with E-state index in [9.17, 15) is 25.3 Å². The molecule has 1 aromatic carbocycles. The Morgan fingerprint density at radius 3 is 2.39 bits per heavy atom. The van der Waals surface area contributed by atoms with Gasteiger partial charge in [-0.05, 0) is 44.9 Å². The fraction of sp³-hybridized carbons (Fsp3) is 0.421. The second-order valence-corrected chi connectivity index (χ2v) is 13.2. The molecule has 1 aromatic rings. The molecule has 0 radical (unpaired) electrons. The maximum absolute atomic E-state index is 13.5. The van der Waals surface area contributed by atoms with E-state index in [1.165, 1.54) is 44.2 Å². The van der Waals surface area contributed by atoms with Crippen molar-refractivity contribution in [2.24, 2.45) is 0 Å². The summed E-state index contributed by atoms with van der Waals surface area (Å²) < 4.78 is 79.3. The van der Waals surface area contributed by atoms with Crippen LogP contribution in [0.3, 0.4) is 0 Å². The number of hydrogen-bond donors (Lipinski definition) is 0. The molecule has 1 atom stereocenters. The van der Waals surface area contributed by atoms with Crippen LogP contribution in [0.25, 0.3) is 5.53 Å². The van der Waals surface area contributed by atoms with Gasteiger partial charge in [0.05, 0.1) is 15.4 Å². The first-order chi connectivity index (χ1) is 14.3. The van der Waals surface area contributed by atoms with Crippen molar-refractivity contribution in [2.75, 3.05) is 5.75 Å². The predicted molar refractivity (Wildman–Crippen MR) is 116 cm³/mol. The van der Waals surface area contributed by atoms with Gasteiger partial charge in [-0.2, -0.15) is 13.2 Å². The number of para-hydroxylation sites is 1. The van der Waals surface area contributed by atoms with E-state index in [2.05, 4.69) is 4.79 Å². The SMILES string of the molecule is CCCCS(=O)(=O)Oc1ccccc1S(=O)(=O)C1(C)C=CC(S(=O)(=O)C=[N+]=[N-])=C(C)C1. The average Bonchev–Trinajstić information content (AvgIpc) is 2.66. The molecule has 0 aromatic heterocycles. The number of nitrogens with zero attached hydrogens (tertiary/aromatic N) is 2. The lowest BCUT2D eigenvalue weighted by Gasteiger charge is -2.30. The molecule has 0 saturated heterocycles. The Balaban J connectivity index is 2.50. The number of hydrogen-bond acceptors (Lipinski definition) is 7. The van der Waals surface area contributed by atoms with E-state index >= 15 is 0 Å². The van der Waals surface area contributed by atoms with Gasteiger partial charge in [-0.3, -0.25) is 0 Å². The van der Waals surface area contributed by atoms with E-state index in [4.69, 9.17) is 9.71 Å². The van der Waals surface area contributed by atoms with Gasteiger partial charge in [0.2, 0.25) is 0 Å². The molecular weight excluding hydrogens is 464 g/mol. The van der Waals surface area contributed by atoms with Crippen LogP contribution in [0, 0.1) is 0 Å². The summed E-state index contributed by atoms with van der Waals surface area (Å²) in [7, 11) is -12.2. The molecule has 0 heterocycles. The summed E-state index contributed by atoms with van der Waals surface area (Å²) in [6, 6.07) is 5.43. The Morgan fingerprint density at radius 2 is 1.81 bits per heavy atom. The van der Waals surface area contributed by atoms with Gasteiger partial charge < -0.3 is 9.71 Å². The molecule has 12 heteroatoms. The van der Waals surface area contributed by atoms with E-state index in [1.807, 2.05) is 6.92 Å². The van der Waals surface area contributed by atoms with E-state index in [0.29, 0.717) is 18.4 Å². The van der Waals surface area contributed by atoms with Crippen LogP contribution in [0.2, 0.25) is 0 Å². The van der Waals surface area contributed by atoms with Crippen molar-refractivity contribution < 1.29 is 34.2 Å². The molecule has 1 aliphatic carbocycles. The second kappa shape index (κ2) is 9.07. The minimum Gasteiger partial charge on any atom is -0.381 e. The smallest absolute Gasteiger partial charge is 0.374 e. The second-order valence-electron chi connectivity index (χ2n) is 7.38. The van der Waals surface area contributed by atoms with Crippen LogP contribution in [0.1, 0.15) is 40.0 Å². The van der Waals surface area contributed by atoms with Gasteiger partial charge in [0, 0.05) is 0 Å². The fourth-order valence-corrected chi connectivity index (χ4v) is 7.24. The fourth-order valence-electron chi connectivity index (χ4n) is 3.20. The van der Waals surface area contributed by atoms with Crippen LogP contribution < -0.4 is 4.18 Å². The highest BCUT2D eigenvalue weighted by Crippen LogP contribution is 2.41. The van der Waals surface area contributed by atoms with Crippen LogP contribution in [-0.2, 0) is 29.8 Å². The zero-order valence-corrected chi connectivity index (χ0v) is 19.8. The lowest BCUT2D eigenvalue weighted by molar-refractivity contribution is 0.00761. The Hall–Kier alpha value is -2.27. The summed E-state index contributed by atoms with van der Waals surface area (Å²) in [5.41, 5.74) is 9.19. The summed E-state index contributed by atoms with van der Waals surface area (Å²) in [6.45, 7) is 4.70. The average molecular weight is 489 g/mol. The molecular formula is C19H24N2O7S3. The zero-order chi connectivity index (χ0) is 23.5. The van der Waals surface area contributed by atoms with Gasteiger partial charge in [-0.25, -0.2) is 16.8 Å². The van der Waals surface area contributed by atoms with Crippen molar-refractivity contribution in [2.45, 2.75) is 49.7 Å². The monoisotopic (exact) mass is 488 g/mol. The van der Waals surface area contributed by atoms with Crippen LogP contribution in [0.4, 0.5) is 0 Å². The Bertz CT molecular complexity index is 1290. The molecule has 0 fully saturated rings. The number of sulfone groups is 2. The minimum absolute atomic E-state index is 0.162. The Labute approximate surface area is 183 Å². The van der Waals surface area contributed by atoms with Crippen molar-refractivity contribution in [3.05, 3.63) is 52.4 Å².